The Morgan fingerprint density at radius 3 is 2.64 bits per heavy atom. The highest BCUT2D eigenvalue weighted by atomic mass is 16.5. The Kier molecular flexibility index (Phi) is 12.4. The van der Waals surface area contributed by atoms with E-state index in [1.165, 1.54) is 31.1 Å². The molecule has 0 aliphatic heterocycles. The van der Waals surface area contributed by atoms with Crippen molar-refractivity contribution < 1.29 is 19.7 Å². The van der Waals surface area contributed by atoms with Crippen LogP contribution in [-0.4, -0.2) is 35.5 Å². The van der Waals surface area contributed by atoms with Gasteiger partial charge < -0.3 is 14.9 Å². The van der Waals surface area contributed by atoms with Gasteiger partial charge in [-0.05, 0) is 44.9 Å². The number of methoxy groups -OCH3 is 1. The van der Waals surface area contributed by atoms with E-state index in [4.69, 9.17) is 0 Å². The predicted molar refractivity (Wildman–Crippen MR) is 115 cm³/mol. The average molecular weight is 395 g/mol. The molecule has 0 spiro atoms. The van der Waals surface area contributed by atoms with Gasteiger partial charge in [-0.25, -0.2) is 0 Å². The maximum Gasteiger partial charge on any atom is 0.305 e. The van der Waals surface area contributed by atoms with Crippen molar-refractivity contribution in [1.29, 1.82) is 0 Å². The standard InChI is InChI=1S/C24H42O4/c1-5-6-11-18(2)16-20(25)14-15-22-21(19(3)17-23(22)26)12-9-7-8-10-13-24(27)28-4/h14-15,18,20,22-23,25-26H,5-13,16-17H2,1-4H3/t18-,20-,22-,23-/m1/s1. The number of esters is 1. The first kappa shape index (κ1) is 24.9. The van der Waals surface area contributed by atoms with E-state index < -0.39 is 6.10 Å². The Labute approximate surface area is 172 Å². The summed E-state index contributed by atoms with van der Waals surface area (Å²) in [7, 11) is 1.43. The number of unbranched alkanes of at least 4 members (excludes halogenated alkanes) is 4. The summed E-state index contributed by atoms with van der Waals surface area (Å²) >= 11 is 0. The lowest BCUT2D eigenvalue weighted by Crippen LogP contribution is -2.16. The van der Waals surface area contributed by atoms with Crippen LogP contribution >= 0.6 is 0 Å². The predicted octanol–water partition coefficient (Wildman–Crippen LogP) is 5.33. The fraction of sp³-hybridized carbons (Fsp3) is 0.792. The Morgan fingerprint density at radius 1 is 1.25 bits per heavy atom. The molecule has 0 unspecified atom stereocenters. The highest BCUT2D eigenvalue weighted by Crippen LogP contribution is 2.36. The summed E-state index contributed by atoms with van der Waals surface area (Å²) in [5, 5.41) is 20.8. The van der Waals surface area contributed by atoms with Crippen molar-refractivity contribution in [3.63, 3.8) is 0 Å². The molecule has 0 amide bonds. The van der Waals surface area contributed by atoms with Crippen molar-refractivity contribution in [2.45, 2.75) is 104 Å². The smallest absolute Gasteiger partial charge is 0.305 e. The summed E-state index contributed by atoms with van der Waals surface area (Å²) in [5.41, 5.74) is 2.63. The van der Waals surface area contributed by atoms with E-state index >= 15 is 0 Å². The van der Waals surface area contributed by atoms with Crippen molar-refractivity contribution in [3.05, 3.63) is 23.3 Å². The zero-order valence-corrected chi connectivity index (χ0v) is 18.5. The highest BCUT2D eigenvalue weighted by Gasteiger charge is 2.29. The molecule has 0 aromatic carbocycles. The lowest BCUT2D eigenvalue weighted by Gasteiger charge is -2.17. The van der Waals surface area contributed by atoms with Crippen LogP contribution in [0.4, 0.5) is 0 Å². The van der Waals surface area contributed by atoms with Gasteiger partial charge in [-0.1, -0.05) is 69.2 Å². The summed E-state index contributed by atoms with van der Waals surface area (Å²) < 4.78 is 4.67. The first-order chi connectivity index (χ1) is 13.4. The number of hydrogen-bond acceptors (Lipinski definition) is 4. The number of rotatable bonds is 14. The van der Waals surface area contributed by atoms with Crippen LogP contribution in [0.25, 0.3) is 0 Å². The minimum atomic E-state index is -0.431. The molecule has 1 aliphatic carbocycles. The number of carbonyl (C=O) groups excluding carboxylic acids is 1. The van der Waals surface area contributed by atoms with Gasteiger partial charge in [0.1, 0.15) is 0 Å². The molecule has 1 rings (SSSR count). The molecule has 4 atom stereocenters. The van der Waals surface area contributed by atoms with Gasteiger partial charge in [0.2, 0.25) is 0 Å². The Morgan fingerprint density at radius 2 is 1.96 bits per heavy atom. The normalized spacial score (nSPS) is 22.1. The van der Waals surface area contributed by atoms with E-state index in [2.05, 4.69) is 25.5 Å². The molecule has 0 saturated carbocycles. The van der Waals surface area contributed by atoms with E-state index in [0.29, 0.717) is 12.3 Å². The number of aliphatic hydroxyl groups excluding tert-OH is 2. The van der Waals surface area contributed by atoms with Gasteiger partial charge in [-0.3, -0.25) is 4.79 Å². The minimum Gasteiger partial charge on any atom is -0.469 e. The molecule has 0 aromatic heterocycles. The zero-order valence-electron chi connectivity index (χ0n) is 18.5. The van der Waals surface area contributed by atoms with Gasteiger partial charge in [-0.15, -0.1) is 0 Å². The van der Waals surface area contributed by atoms with Crippen molar-refractivity contribution >= 4 is 5.97 Å². The van der Waals surface area contributed by atoms with Crippen LogP contribution in [0.2, 0.25) is 0 Å². The van der Waals surface area contributed by atoms with Crippen LogP contribution in [0, 0.1) is 11.8 Å². The minimum absolute atomic E-state index is 0.0377. The molecular formula is C24H42O4. The third-order valence-electron chi connectivity index (χ3n) is 5.92. The van der Waals surface area contributed by atoms with Crippen molar-refractivity contribution in [3.8, 4) is 0 Å². The number of hydrogen-bond donors (Lipinski definition) is 2. The summed E-state index contributed by atoms with van der Waals surface area (Å²) in [4.78, 5) is 11.1. The quantitative estimate of drug-likeness (QED) is 0.237. The highest BCUT2D eigenvalue weighted by molar-refractivity contribution is 5.68. The molecule has 0 bridgehead atoms. The van der Waals surface area contributed by atoms with E-state index in [1.54, 1.807) is 0 Å². The fourth-order valence-electron chi connectivity index (χ4n) is 4.16. The maximum absolute atomic E-state index is 11.1. The second-order valence-electron chi connectivity index (χ2n) is 8.53. The number of aliphatic hydroxyl groups is 2. The zero-order chi connectivity index (χ0) is 20.9. The molecule has 2 N–H and O–H groups in total. The molecule has 4 nitrogen and oxygen atoms in total. The summed E-state index contributed by atoms with van der Waals surface area (Å²) in [6, 6.07) is 0. The summed E-state index contributed by atoms with van der Waals surface area (Å²) in [6.07, 6.45) is 13.8. The second-order valence-corrected chi connectivity index (χ2v) is 8.53. The lowest BCUT2D eigenvalue weighted by molar-refractivity contribution is -0.140. The van der Waals surface area contributed by atoms with Crippen LogP contribution in [-0.2, 0) is 9.53 Å². The van der Waals surface area contributed by atoms with Gasteiger partial charge >= 0.3 is 5.97 Å². The van der Waals surface area contributed by atoms with Gasteiger partial charge in [-0.2, -0.15) is 0 Å². The van der Waals surface area contributed by atoms with Crippen LogP contribution in [0.15, 0.2) is 23.3 Å². The molecule has 0 heterocycles. The van der Waals surface area contributed by atoms with Gasteiger partial charge in [0, 0.05) is 12.3 Å². The van der Waals surface area contributed by atoms with E-state index in [1.807, 2.05) is 12.2 Å². The van der Waals surface area contributed by atoms with Crippen LogP contribution < -0.4 is 0 Å². The van der Waals surface area contributed by atoms with E-state index in [0.717, 1.165) is 51.4 Å². The van der Waals surface area contributed by atoms with E-state index in [9.17, 15) is 15.0 Å². The SMILES string of the molecule is CCCC[C@@H](C)C[C@H](O)C=C[C@@H]1C(CCCCCCC(=O)OC)=C(C)C[C@H]1O. The first-order valence-electron chi connectivity index (χ1n) is 11.2. The molecule has 28 heavy (non-hydrogen) atoms. The molecule has 0 saturated heterocycles. The topological polar surface area (TPSA) is 66.8 Å². The van der Waals surface area contributed by atoms with Crippen molar-refractivity contribution in [2.24, 2.45) is 11.8 Å². The van der Waals surface area contributed by atoms with Crippen molar-refractivity contribution in [1.82, 2.24) is 0 Å². The lowest BCUT2D eigenvalue weighted by atomic mass is 9.92. The Bertz CT molecular complexity index is 509. The third kappa shape index (κ3) is 9.38. The Balaban J connectivity index is 2.43. The molecule has 0 fully saturated rings. The van der Waals surface area contributed by atoms with E-state index in [-0.39, 0.29) is 18.0 Å². The monoisotopic (exact) mass is 394 g/mol. The molecule has 162 valence electrons. The largest absolute Gasteiger partial charge is 0.469 e. The average Bonchev–Trinajstić information content (AvgIpc) is 2.93. The van der Waals surface area contributed by atoms with Crippen LogP contribution in [0.1, 0.15) is 91.4 Å². The molecular weight excluding hydrogens is 352 g/mol. The van der Waals surface area contributed by atoms with Crippen molar-refractivity contribution in [2.75, 3.05) is 7.11 Å². The molecule has 4 heteroatoms. The number of ether oxygens (including phenoxy) is 1. The third-order valence-corrected chi connectivity index (χ3v) is 5.92. The number of carbonyl (C=O) groups is 1. The second kappa shape index (κ2) is 13.9. The van der Waals surface area contributed by atoms with Gasteiger partial charge in [0.15, 0.2) is 0 Å². The molecule has 0 radical (unpaired) electrons. The Hall–Kier alpha value is -1.13. The molecule has 0 aromatic rings. The maximum atomic E-state index is 11.1. The first-order valence-corrected chi connectivity index (χ1v) is 11.2. The van der Waals surface area contributed by atoms with Crippen LogP contribution in [0.3, 0.4) is 0 Å². The van der Waals surface area contributed by atoms with Crippen LogP contribution in [0.5, 0.6) is 0 Å². The fourth-order valence-corrected chi connectivity index (χ4v) is 4.16. The van der Waals surface area contributed by atoms with Gasteiger partial charge in [0.05, 0.1) is 19.3 Å². The summed E-state index contributed by atoms with van der Waals surface area (Å²) in [6.45, 7) is 6.51. The van der Waals surface area contributed by atoms with Gasteiger partial charge in [0.25, 0.3) is 0 Å². The summed E-state index contributed by atoms with van der Waals surface area (Å²) in [5.74, 6) is 0.427. The molecule has 1 aliphatic rings.